The van der Waals surface area contributed by atoms with Gasteiger partial charge in [0.1, 0.15) is 6.04 Å². The monoisotopic (exact) mass is 320 g/mol. The Morgan fingerprint density at radius 2 is 1.96 bits per heavy atom. The van der Waals surface area contributed by atoms with Crippen molar-refractivity contribution in [3.8, 4) is 0 Å². The molecule has 2 rings (SSSR count). The van der Waals surface area contributed by atoms with Gasteiger partial charge < -0.3 is 15.7 Å². The van der Waals surface area contributed by atoms with Crippen LogP contribution in [0.3, 0.4) is 0 Å². The van der Waals surface area contributed by atoms with Crippen LogP contribution in [0.4, 0.5) is 5.69 Å². The van der Waals surface area contributed by atoms with Crippen molar-refractivity contribution in [2.75, 3.05) is 12.4 Å². The summed E-state index contributed by atoms with van der Waals surface area (Å²) < 4.78 is 2.56. The number of anilines is 1. The number of carboxylic acid groups (broad SMARTS) is 1. The maximum Gasteiger partial charge on any atom is 0.328 e. The molecule has 0 bridgehead atoms. The summed E-state index contributed by atoms with van der Waals surface area (Å²) in [4.78, 5) is 34.8. The first-order valence-electron chi connectivity index (χ1n) is 6.68. The van der Waals surface area contributed by atoms with Gasteiger partial charge in [0.05, 0.1) is 5.69 Å². The normalized spacial score (nSPS) is 11.8. The predicted octanol–water partition coefficient (Wildman–Crippen LogP) is -0.126. The summed E-state index contributed by atoms with van der Waals surface area (Å²) in [6.45, 7) is 1.45. The standard InChI is InChI=1S/C13H16N6O4/c1-7(13(22)23)19-5-4-8(16-19)11(20)15-9-6-18(3)17-10(9)12(21)14-2/h4-7H,1-3H3,(H,14,21)(H,15,20)(H,22,23). The lowest BCUT2D eigenvalue weighted by molar-refractivity contribution is -0.140. The molecule has 0 aromatic carbocycles. The fourth-order valence-electron chi connectivity index (χ4n) is 1.84. The van der Waals surface area contributed by atoms with Crippen LogP contribution in [-0.4, -0.2) is 49.5 Å². The molecule has 0 spiro atoms. The van der Waals surface area contributed by atoms with E-state index in [1.54, 1.807) is 7.05 Å². The van der Waals surface area contributed by atoms with Crippen LogP contribution in [0.25, 0.3) is 0 Å². The van der Waals surface area contributed by atoms with Crippen LogP contribution in [0, 0.1) is 0 Å². The minimum Gasteiger partial charge on any atom is -0.480 e. The second-order valence-corrected chi connectivity index (χ2v) is 4.79. The molecule has 0 fully saturated rings. The van der Waals surface area contributed by atoms with Crippen LogP contribution in [0.5, 0.6) is 0 Å². The van der Waals surface area contributed by atoms with Crippen molar-refractivity contribution in [2.24, 2.45) is 7.05 Å². The second-order valence-electron chi connectivity index (χ2n) is 4.79. The Labute approximate surface area is 131 Å². The molecule has 10 nitrogen and oxygen atoms in total. The van der Waals surface area contributed by atoms with Gasteiger partial charge in [-0.2, -0.15) is 10.2 Å². The molecule has 1 unspecified atom stereocenters. The minimum absolute atomic E-state index is 0.0322. The fraction of sp³-hybridized carbons (Fsp3) is 0.308. The van der Waals surface area contributed by atoms with Gasteiger partial charge in [0.2, 0.25) is 0 Å². The van der Waals surface area contributed by atoms with Crippen LogP contribution in [0.1, 0.15) is 33.9 Å². The van der Waals surface area contributed by atoms with Crippen molar-refractivity contribution in [3.05, 3.63) is 29.8 Å². The lowest BCUT2D eigenvalue weighted by atomic mass is 10.3. The molecule has 0 radical (unpaired) electrons. The van der Waals surface area contributed by atoms with E-state index in [0.29, 0.717) is 0 Å². The van der Waals surface area contributed by atoms with Gasteiger partial charge >= 0.3 is 5.97 Å². The van der Waals surface area contributed by atoms with E-state index in [9.17, 15) is 14.4 Å². The lowest BCUT2D eigenvalue weighted by Gasteiger charge is -2.06. The summed E-state index contributed by atoms with van der Waals surface area (Å²) in [5, 5.41) is 21.8. The average molecular weight is 320 g/mol. The van der Waals surface area contributed by atoms with Crippen molar-refractivity contribution in [1.29, 1.82) is 0 Å². The number of nitrogens with zero attached hydrogens (tertiary/aromatic N) is 4. The Morgan fingerprint density at radius 1 is 1.26 bits per heavy atom. The van der Waals surface area contributed by atoms with E-state index in [4.69, 9.17) is 5.11 Å². The first-order chi connectivity index (χ1) is 10.8. The number of aliphatic carboxylic acids is 1. The summed E-state index contributed by atoms with van der Waals surface area (Å²) in [6.07, 6.45) is 2.88. The Morgan fingerprint density at radius 3 is 2.57 bits per heavy atom. The van der Waals surface area contributed by atoms with Gasteiger partial charge in [0.15, 0.2) is 11.4 Å². The van der Waals surface area contributed by atoms with Gasteiger partial charge in [-0.3, -0.25) is 19.0 Å². The van der Waals surface area contributed by atoms with Crippen molar-refractivity contribution in [1.82, 2.24) is 24.9 Å². The highest BCUT2D eigenvalue weighted by molar-refractivity contribution is 6.07. The topological polar surface area (TPSA) is 131 Å². The zero-order valence-corrected chi connectivity index (χ0v) is 12.8. The zero-order chi connectivity index (χ0) is 17.1. The molecule has 0 aliphatic heterocycles. The molecule has 2 heterocycles. The molecule has 122 valence electrons. The van der Waals surface area contributed by atoms with E-state index >= 15 is 0 Å². The number of rotatable bonds is 5. The molecule has 0 saturated carbocycles. The third kappa shape index (κ3) is 3.36. The molecule has 0 saturated heterocycles. The van der Waals surface area contributed by atoms with Crippen LogP contribution in [-0.2, 0) is 11.8 Å². The highest BCUT2D eigenvalue weighted by atomic mass is 16.4. The number of carbonyl (C=O) groups excluding carboxylic acids is 2. The fourth-order valence-corrected chi connectivity index (χ4v) is 1.84. The van der Waals surface area contributed by atoms with Crippen LogP contribution in [0.15, 0.2) is 18.5 Å². The highest BCUT2D eigenvalue weighted by Crippen LogP contribution is 2.15. The number of aromatic nitrogens is 4. The second kappa shape index (κ2) is 6.30. The van der Waals surface area contributed by atoms with E-state index < -0.39 is 23.8 Å². The average Bonchev–Trinajstić information content (AvgIpc) is 3.12. The van der Waals surface area contributed by atoms with Crippen molar-refractivity contribution < 1.29 is 19.5 Å². The first-order valence-corrected chi connectivity index (χ1v) is 6.68. The Hall–Kier alpha value is -3.17. The molecule has 2 amide bonds. The molecule has 23 heavy (non-hydrogen) atoms. The van der Waals surface area contributed by atoms with Gasteiger partial charge in [-0.15, -0.1) is 0 Å². The minimum atomic E-state index is -1.06. The Kier molecular flexibility index (Phi) is 4.44. The number of aryl methyl sites for hydroxylation is 1. The van der Waals surface area contributed by atoms with E-state index in [1.165, 1.54) is 41.8 Å². The summed E-state index contributed by atoms with van der Waals surface area (Å²) in [5.74, 6) is -2.07. The van der Waals surface area contributed by atoms with E-state index in [0.717, 1.165) is 0 Å². The Bertz CT molecular complexity index is 762. The van der Waals surface area contributed by atoms with Gasteiger partial charge in [-0.1, -0.05) is 0 Å². The molecule has 10 heteroatoms. The summed E-state index contributed by atoms with van der Waals surface area (Å²) in [7, 11) is 3.07. The lowest BCUT2D eigenvalue weighted by Crippen LogP contribution is -2.22. The van der Waals surface area contributed by atoms with Crippen molar-refractivity contribution >= 4 is 23.5 Å². The maximum atomic E-state index is 12.2. The smallest absolute Gasteiger partial charge is 0.328 e. The summed E-state index contributed by atoms with van der Waals surface area (Å²) >= 11 is 0. The molecule has 0 aliphatic carbocycles. The SMILES string of the molecule is CNC(=O)c1nn(C)cc1NC(=O)c1ccn(C(C)C(=O)O)n1. The number of carbonyl (C=O) groups is 3. The summed E-state index contributed by atoms with van der Waals surface area (Å²) in [5.41, 5.74) is 0.337. The predicted molar refractivity (Wildman–Crippen MR) is 79.1 cm³/mol. The van der Waals surface area contributed by atoms with Gasteiger partial charge in [-0.25, -0.2) is 4.79 Å². The van der Waals surface area contributed by atoms with Gasteiger partial charge in [-0.05, 0) is 13.0 Å². The van der Waals surface area contributed by atoms with Crippen molar-refractivity contribution in [2.45, 2.75) is 13.0 Å². The molecule has 0 aliphatic rings. The van der Waals surface area contributed by atoms with E-state index in [1.807, 2.05) is 0 Å². The molecule has 1 atom stereocenters. The van der Waals surface area contributed by atoms with E-state index in [-0.39, 0.29) is 17.1 Å². The highest BCUT2D eigenvalue weighted by Gasteiger charge is 2.20. The number of carboxylic acids is 1. The molecular weight excluding hydrogens is 304 g/mol. The van der Waals surface area contributed by atoms with E-state index in [2.05, 4.69) is 20.8 Å². The number of hydrogen-bond donors (Lipinski definition) is 3. The largest absolute Gasteiger partial charge is 0.480 e. The molecule has 2 aromatic rings. The van der Waals surface area contributed by atoms with Gasteiger partial charge in [0, 0.05) is 26.5 Å². The first kappa shape index (κ1) is 16.2. The van der Waals surface area contributed by atoms with Crippen molar-refractivity contribution in [3.63, 3.8) is 0 Å². The summed E-state index contributed by atoms with van der Waals surface area (Å²) in [6, 6.07) is 0.501. The van der Waals surface area contributed by atoms with Crippen LogP contribution in [0.2, 0.25) is 0 Å². The zero-order valence-electron chi connectivity index (χ0n) is 12.8. The Balaban J connectivity index is 2.20. The molecular formula is C13H16N6O4. The maximum absolute atomic E-state index is 12.2. The molecule has 3 N–H and O–H groups in total. The third-order valence-corrected chi connectivity index (χ3v) is 3.11. The quantitative estimate of drug-likeness (QED) is 0.703. The number of hydrogen-bond acceptors (Lipinski definition) is 5. The number of amides is 2. The van der Waals surface area contributed by atoms with Crippen LogP contribution >= 0.6 is 0 Å². The van der Waals surface area contributed by atoms with Crippen LogP contribution < -0.4 is 10.6 Å². The number of nitrogens with one attached hydrogen (secondary N) is 2. The molecule has 2 aromatic heterocycles. The van der Waals surface area contributed by atoms with Gasteiger partial charge in [0.25, 0.3) is 11.8 Å². The third-order valence-electron chi connectivity index (χ3n) is 3.11.